The van der Waals surface area contributed by atoms with Crippen LogP contribution in [-0.2, 0) is 14.3 Å². The lowest BCUT2D eigenvalue weighted by Crippen LogP contribution is -2.23. The summed E-state index contributed by atoms with van der Waals surface area (Å²) in [5.74, 6) is 0.429. The maximum absolute atomic E-state index is 12.2. The first-order chi connectivity index (χ1) is 9.52. The van der Waals surface area contributed by atoms with Crippen LogP contribution in [0.4, 0.5) is 0 Å². The Morgan fingerprint density at radius 2 is 2.00 bits per heavy atom. The van der Waals surface area contributed by atoms with Gasteiger partial charge in [-0.15, -0.1) is 0 Å². The van der Waals surface area contributed by atoms with Gasteiger partial charge in [-0.25, -0.2) is 0 Å². The summed E-state index contributed by atoms with van der Waals surface area (Å²) >= 11 is 1.41. The van der Waals surface area contributed by atoms with E-state index < -0.39 is 0 Å². The number of carbonyl (C=O) groups excluding carboxylic acids is 2. The summed E-state index contributed by atoms with van der Waals surface area (Å²) < 4.78 is 5.90. The minimum Gasteiger partial charge on any atom is -0.478 e. The number of hydrogen-bond donors (Lipinski definition) is 0. The van der Waals surface area contributed by atoms with E-state index in [1.54, 1.807) is 0 Å². The smallest absolute Gasteiger partial charge is 0.174 e. The summed E-state index contributed by atoms with van der Waals surface area (Å²) in [6, 6.07) is 7.95. The average Bonchev–Trinajstić information content (AvgIpc) is 2.38. The molecule has 1 aliphatic rings. The molecule has 0 N–H and O–H groups in total. The van der Waals surface area contributed by atoms with E-state index in [-0.39, 0.29) is 29.7 Å². The second kappa shape index (κ2) is 6.27. The van der Waals surface area contributed by atoms with Gasteiger partial charge in [-0.05, 0) is 25.2 Å². The number of rotatable bonds is 4. The lowest BCUT2D eigenvalue weighted by atomic mass is 9.96. The zero-order valence-electron chi connectivity index (χ0n) is 11.9. The lowest BCUT2D eigenvalue weighted by Gasteiger charge is -2.26. The summed E-state index contributed by atoms with van der Waals surface area (Å²) in [4.78, 5) is 23.8. The third-order valence-corrected chi connectivity index (χ3v) is 4.03. The molecule has 1 aromatic rings. The van der Waals surface area contributed by atoms with Gasteiger partial charge in [0.1, 0.15) is 11.7 Å². The summed E-state index contributed by atoms with van der Waals surface area (Å²) in [7, 11) is 0. The first-order valence-corrected chi connectivity index (χ1v) is 7.66. The van der Waals surface area contributed by atoms with E-state index in [4.69, 9.17) is 4.74 Å². The molecule has 2 rings (SSSR count). The van der Waals surface area contributed by atoms with Gasteiger partial charge in [0.2, 0.25) is 0 Å². The van der Waals surface area contributed by atoms with Crippen molar-refractivity contribution in [1.29, 1.82) is 0 Å². The fourth-order valence-corrected chi connectivity index (χ4v) is 3.01. The lowest BCUT2D eigenvalue weighted by molar-refractivity contribution is -0.123. The molecule has 20 heavy (non-hydrogen) atoms. The molecule has 1 atom stereocenters. The molecule has 3 nitrogen and oxygen atoms in total. The molecular formula is C16H18O3S. The highest BCUT2D eigenvalue weighted by Crippen LogP contribution is 2.37. The highest BCUT2D eigenvalue weighted by molar-refractivity contribution is 8.02. The maximum Gasteiger partial charge on any atom is 0.174 e. The van der Waals surface area contributed by atoms with E-state index in [1.165, 1.54) is 24.2 Å². The number of ether oxygens (including phenoxy) is 1. The Labute approximate surface area is 123 Å². The van der Waals surface area contributed by atoms with Crippen LogP contribution in [-0.4, -0.2) is 17.3 Å². The van der Waals surface area contributed by atoms with Gasteiger partial charge >= 0.3 is 0 Å². The molecular weight excluding hydrogens is 272 g/mol. The Morgan fingerprint density at radius 3 is 2.55 bits per heavy atom. The van der Waals surface area contributed by atoms with Gasteiger partial charge in [-0.3, -0.25) is 9.59 Å². The number of thioether (sulfide) groups is 1. The number of allylic oxidation sites excluding steroid dienone is 1. The molecule has 1 aliphatic heterocycles. The van der Waals surface area contributed by atoms with E-state index >= 15 is 0 Å². The predicted octanol–water partition coefficient (Wildman–Crippen LogP) is 3.58. The van der Waals surface area contributed by atoms with E-state index in [2.05, 4.69) is 0 Å². The Morgan fingerprint density at radius 1 is 1.35 bits per heavy atom. The summed E-state index contributed by atoms with van der Waals surface area (Å²) in [6.07, 6.45) is -0.0635. The third kappa shape index (κ3) is 3.12. The fourth-order valence-electron chi connectivity index (χ4n) is 2.16. The Kier molecular flexibility index (Phi) is 4.65. The number of aryl methyl sites for hydroxylation is 1. The standard InChI is InChI=1S/C16H18O3S/c1-4-20-16-15(11(3)17)13(18)9-14(19-16)12-7-5-10(2)6-8-12/h5-8,14H,4,9H2,1-3H3. The Bertz CT molecular complexity index is 558. The summed E-state index contributed by atoms with van der Waals surface area (Å²) in [6.45, 7) is 5.40. The van der Waals surface area contributed by atoms with Crippen molar-refractivity contribution in [3.8, 4) is 0 Å². The van der Waals surface area contributed by atoms with Crippen molar-refractivity contribution in [3.63, 3.8) is 0 Å². The van der Waals surface area contributed by atoms with Crippen molar-refractivity contribution in [2.45, 2.75) is 33.3 Å². The zero-order chi connectivity index (χ0) is 14.7. The highest BCUT2D eigenvalue weighted by atomic mass is 32.2. The summed E-state index contributed by atoms with van der Waals surface area (Å²) in [5, 5.41) is 0.474. The van der Waals surface area contributed by atoms with Gasteiger partial charge in [0, 0.05) is 0 Å². The second-order valence-corrected chi connectivity index (χ2v) is 6.03. The Hall–Kier alpha value is -1.55. The Balaban J connectivity index is 2.32. The monoisotopic (exact) mass is 290 g/mol. The normalized spacial score (nSPS) is 18.9. The fraction of sp³-hybridized carbons (Fsp3) is 0.375. The molecule has 0 radical (unpaired) electrons. The number of ketones is 2. The molecule has 0 aliphatic carbocycles. The van der Waals surface area contributed by atoms with Gasteiger partial charge in [0.15, 0.2) is 16.7 Å². The van der Waals surface area contributed by atoms with Gasteiger partial charge in [0.25, 0.3) is 0 Å². The van der Waals surface area contributed by atoms with Crippen molar-refractivity contribution in [1.82, 2.24) is 0 Å². The average molecular weight is 290 g/mol. The van der Waals surface area contributed by atoms with Crippen molar-refractivity contribution in [3.05, 3.63) is 46.1 Å². The van der Waals surface area contributed by atoms with Gasteiger partial charge in [0.05, 0.1) is 6.42 Å². The molecule has 0 saturated carbocycles. The van der Waals surface area contributed by atoms with Crippen LogP contribution in [0, 0.1) is 6.92 Å². The molecule has 0 bridgehead atoms. The molecule has 0 saturated heterocycles. The third-order valence-electron chi connectivity index (χ3n) is 3.18. The van der Waals surface area contributed by atoms with Crippen LogP contribution in [0.2, 0.25) is 0 Å². The molecule has 0 aromatic heterocycles. The van der Waals surface area contributed by atoms with E-state index in [0.717, 1.165) is 11.3 Å². The van der Waals surface area contributed by atoms with E-state index in [1.807, 2.05) is 38.1 Å². The largest absolute Gasteiger partial charge is 0.478 e. The number of carbonyl (C=O) groups is 2. The van der Waals surface area contributed by atoms with Crippen molar-refractivity contribution in [2.24, 2.45) is 0 Å². The van der Waals surface area contributed by atoms with Crippen LogP contribution in [0.1, 0.15) is 37.5 Å². The van der Waals surface area contributed by atoms with Crippen LogP contribution in [0.5, 0.6) is 0 Å². The van der Waals surface area contributed by atoms with Crippen LogP contribution < -0.4 is 0 Å². The molecule has 0 amide bonds. The SMILES string of the molecule is CCSC1=C(C(C)=O)C(=O)CC(c2ccc(C)cc2)O1. The minimum atomic E-state index is -0.291. The van der Waals surface area contributed by atoms with Crippen LogP contribution in [0.25, 0.3) is 0 Å². The number of hydrogen-bond acceptors (Lipinski definition) is 4. The van der Waals surface area contributed by atoms with Crippen molar-refractivity contribution < 1.29 is 14.3 Å². The van der Waals surface area contributed by atoms with Crippen molar-refractivity contribution in [2.75, 3.05) is 5.75 Å². The predicted molar refractivity (Wildman–Crippen MR) is 80.5 cm³/mol. The van der Waals surface area contributed by atoms with Crippen molar-refractivity contribution >= 4 is 23.3 Å². The summed E-state index contributed by atoms with van der Waals surface area (Å²) in [5.41, 5.74) is 2.36. The molecule has 4 heteroatoms. The van der Waals surface area contributed by atoms with Crippen LogP contribution in [0.3, 0.4) is 0 Å². The van der Waals surface area contributed by atoms with Gasteiger partial charge < -0.3 is 4.74 Å². The second-order valence-electron chi connectivity index (χ2n) is 4.80. The molecule has 0 spiro atoms. The van der Waals surface area contributed by atoms with Crippen LogP contribution in [0.15, 0.2) is 34.9 Å². The first-order valence-electron chi connectivity index (χ1n) is 6.67. The highest BCUT2D eigenvalue weighted by Gasteiger charge is 2.32. The molecule has 1 unspecified atom stereocenters. The molecule has 1 aromatic carbocycles. The minimum absolute atomic E-state index is 0.120. The number of benzene rings is 1. The van der Waals surface area contributed by atoms with E-state index in [0.29, 0.717) is 5.09 Å². The zero-order valence-corrected chi connectivity index (χ0v) is 12.8. The molecule has 1 heterocycles. The topological polar surface area (TPSA) is 43.4 Å². The molecule has 106 valence electrons. The van der Waals surface area contributed by atoms with E-state index in [9.17, 15) is 9.59 Å². The van der Waals surface area contributed by atoms with Gasteiger partial charge in [-0.2, -0.15) is 0 Å². The quantitative estimate of drug-likeness (QED) is 0.795. The number of Topliss-reactive ketones (excluding diaryl/α,β-unsaturated/α-hetero) is 2. The van der Waals surface area contributed by atoms with Crippen LogP contribution >= 0.6 is 11.8 Å². The first kappa shape index (κ1) is 14.9. The van der Waals surface area contributed by atoms with Gasteiger partial charge in [-0.1, -0.05) is 48.5 Å². The maximum atomic E-state index is 12.2. The molecule has 0 fully saturated rings.